The molecule has 0 atom stereocenters. The summed E-state index contributed by atoms with van der Waals surface area (Å²) in [7, 11) is 0. The van der Waals surface area contributed by atoms with Crippen LogP contribution in [0.2, 0.25) is 0 Å². The van der Waals surface area contributed by atoms with E-state index in [1.165, 1.54) is 23.9 Å². The third kappa shape index (κ3) is 4.88. The van der Waals surface area contributed by atoms with Crippen molar-refractivity contribution >= 4 is 29.0 Å². The van der Waals surface area contributed by atoms with E-state index in [1.54, 1.807) is 19.1 Å². The summed E-state index contributed by atoms with van der Waals surface area (Å²) in [6, 6.07) is 14.0. The largest absolute Gasteiger partial charge is 0.325 e. The summed E-state index contributed by atoms with van der Waals surface area (Å²) in [6.45, 7) is 6.06. The van der Waals surface area contributed by atoms with Crippen LogP contribution in [0.3, 0.4) is 0 Å². The lowest BCUT2D eigenvalue weighted by Gasteiger charge is -2.09. The highest BCUT2D eigenvalue weighted by molar-refractivity contribution is 7.99. The van der Waals surface area contributed by atoms with Crippen LogP contribution in [0.15, 0.2) is 66.3 Å². The number of carbonyl (C=O) groups excluding carboxylic acids is 1. The van der Waals surface area contributed by atoms with E-state index < -0.39 is 4.92 Å². The van der Waals surface area contributed by atoms with Gasteiger partial charge >= 0.3 is 0 Å². The minimum Gasteiger partial charge on any atom is -0.325 e. The Morgan fingerprint density at radius 3 is 2.72 bits per heavy atom. The van der Waals surface area contributed by atoms with Gasteiger partial charge < -0.3 is 5.32 Å². The molecule has 0 aliphatic carbocycles. The standard InChI is InChI=1S/C20H19N5O3S/c1-3-11-24-19(15-7-5-4-6-8-15)22-23-20(24)29-13-18(26)21-17-12-16(25(27)28)10-9-14(17)2/h3-10,12H,1,11,13H2,2H3,(H,21,26). The normalized spacial score (nSPS) is 10.5. The topological polar surface area (TPSA) is 103 Å². The fourth-order valence-electron chi connectivity index (χ4n) is 2.66. The fraction of sp³-hybridized carbons (Fsp3) is 0.150. The lowest BCUT2D eigenvalue weighted by Crippen LogP contribution is -2.15. The van der Waals surface area contributed by atoms with E-state index in [2.05, 4.69) is 22.1 Å². The van der Waals surface area contributed by atoms with Crippen LogP contribution in [0.25, 0.3) is 11.4 Å². The Morgan fingerprint density at radius 1 is 1.28 bits per heavy atom. The SMILES string of the molecule is C=CCn1c(SCC(=O)Nc2cc([N+](=O)[O-])ccc2C)nnc1-c1ccccc1. The van der Waals surface area contributed by atoms with Crippen molar-refractivity contribution in [3.05, 3.63) is 76.9 Å². The van der Waals surface area contributed by atoms with Crippen molar-refractivity contribution in [1.29, 1.82) is 0 Å². The lowest BCUT2D eigenvalue weighted by atomic mass is 10.2. The van der Waals surface area contributed by atoms with Crippen LogP contribution in [-0.4, -0.2) is 31.3 Å². The van der Waals surface area contributed by atoms with Crippen LogP contribution >= 0.6 is 11.8 Å². The first-order valence-electron chi connectivity index (χ1n) is 8.77. The number of carbonyl (C=O) groups is 1. The van der Waals surface area contributed by atoms with Crippen molar-refractivity contribution in [3.8, 4) is 11.4 Å². The van der Waals surface area contributed by atoms with E-state index in [9.17, 15) is 14.9 Å². The average Bonchev–Trinajstić information content (AvgIpc) is 3.11. The molecular formula is C20H19N5O3S. The number of rotatable bonds is 8. The maximum Gasteiger partial charge on any atom is 0.271 e. The van der Waals surface area contributed by atoms with Gasteiger partial charge in [0.25, 0.3) is 5.69 Å². The molecule has 0 bridgehead atoms. The third-order valence-corrected chi connectivity index (χ3v) is 5.07. The highest BCUT2D eigenvalue weighted by Gasteiger charge is 2.16. The first kappa shape index (κ1) is 20.3. The number of thioether (sulfide) groups is 1. The van der Waals surface area contributed by atoms with E-state index in [-0.39, 0.29) is 17.3 Å². The van der Waals surface area contributed by atoms with Gasteiger partial charge in [-0.05, 0) is 12.5 Å². The molecule has 0 fully saturated rings. The fourth-order valence-corrected chi connectivity index (χ4v) is 3.41. The van der Waals surface area contributed by atoms with Gasteiger partial charge in [-0.3, -0.25) is 19.5 Å². The molecule has 1 N–H and O–H groups in total. The Balaban J connectivity index is 1.72. The van der Waals surface area contributed by atoms with Crippen LogP contribution in [0, 0.1) is 17.0 Å². The molecule has 1 heterocycles. The summed E-state index contributed by atoms with van der Waals surface area (Å²) in [5.41, 5.74) is 2.01. The monoisotopic (exact) mass is 409 g/mol. The quantitative estimate of drug-likeness (QED) is 0.260. The number of nitro groups is 1. The number of nitrogens with zero attached hydrogens (tertiary/aromatic N) is 4. The molecule has 29 heavy (non-hydrogen) atoms. The predicted octanol–water partition coefficient (Wildman–Crippen LogP) is 4.08. The Bertz CT molecular complexity index is 1050. The molecule has 3 aromatic rings. The average molecular weight is 409 g/mol. The zero-order valence-corrected chi connectivity index (χ0v) is 16.6. The van der Waals surface area contributed by atoms with E-state index in [0.29, 0.717) is 23.2 Å². The van der Waals surface area contributed by atoms with Crippen LogP contribution in [0.5, 0.6) is 0 Å². The maximum absolute atomic E-state index is 12.4. The molecule has 0 radical (unpaired) electrons. The van der Waals surface area contributed by atoms with Crippen molar-refractivity contribution < 1.29 is 9.72 Å². The summed E-state index contributed by atoms with van der Waals surface area (Å²) in [6.07, 6.45) is 1.74. The highest BCUT2D eigenvalue weighted by Crippen LogP contribution is 2.25. The molecule has 0 aliphatic heterocycles. The Labute approximate surface area is 171 Å². The molecule has 148 valence electrons. The number of allylic oxidation sites excluding steroid dienone is 1. The van der Waals surface area contributed by atoms with Crippen molar-refractivity contribution in [2.45, 2.75) is 18.6 Å². The number of nitrogens with one attached hydrogen (secondary N) is 1. The van der Waals surface area contributed by atoms with E-state index in [4.69, 9.17) is 0 Å². The molecule has 3 rings (SSSR count). The summed E-state index contributed by atoms with van der Waals surface area (Å²) in [4.78, 5) is 22.8. The maximum atomic E-state index is 12.4. The second-order valence-corrected chi connectivity index (χ2v) is 7.11. The smallest absolute Gasteiger partial charge is 0.271 e. The van der Waals surface area contributed by atoms with Crippen LogP contribution < -0.4 is 5.32 Å². The first-order valence-corrected chi connectivity index (χ1v) is 9.75. The number of nitro benzene ring substituents is 1. The molecule has 0 saturated carbocycles. The second-order valence-electron chi connectivity index (χ2n) is 6.16. The lowest BCUT2D eigenvalue weighted by molar-refractivity contribution is -0.384. The van der Waals surface area contributed by atoms with Crippen molar-refractivity contribution in [1.82, 2.24) is 14.8 Å². The van der Waals surface area contributed by atoms with Crippen molar-refractivity contribution in [2.24, 2.45) is 0 Å². The van der Waals surface area contributed by atoms with Crippen molar-refractivity contribution in [3.63, 3.8) is 0 Å². The number of aryl methyl sites for hydroxylation is 1. The molecule has 1 amide bonds. The van der Waals surface area contributed by atoms with Crippen LogP contribution in [-0.2, 0) is 11.3 Å². The van der Waals surface area contributed by atoms with Crippen LogP contribution in [0.4, 0.5) is 11.4 Å². The zero-order valence-electron chi connectivity index (χ0n) is 15.7. The van der Waals surface area contributed by atoms with E-state index >= 15 is 0 Å². The summed E-state index contributed by atoms with van der Waals surface area (Å²) >= 11 is 1.24. The van der Waals surface area contributed by atoms with Gasteiger partial charge in [-0.15, -0.1) is 16.8 Å². The van der Waals surface area contributed by atoms with Gasteiger partial charge in [0, 0.05) is 24.2 Å². The van der Waals surface area contributed by atoms with E-state index in [1.807, 2.05) is 34.9 Å². The molecule has 0 saturated heterocycles. The van der Waals surface area contributed by atoms with Crippen molar-refractivity contribution in [2.75, 3.05) is 11.1 Å². The number of non-ortho nitro benzene ring substituents is 1. The minimum atomic E-state index is -0.493. The Hall–Kier alpha value is -3.46. The van der Waals surface area contributed by atoms with E-state index in [0.717, 1.165) is 11.1 Å². The molecule has 9 heteroatoms. The third-order valence-electron chi connectivity index (χ3n) is 4.10. The zero-order chi connectivity index (χ0) is 20.8. The Morgan fingerprint density at radius 2 is 2.03 bits per heavy atom. The number of aromatic nitrogens is 3. The molecular weight excluding hydrogens is 390 g/mol. The number of hydrogen-bond donors (Lipinski definition) is 1. The van der Waals surface area contributed by atoms with Gasteiger partial charge in [0.1, 0.15) is 0 Å². The summed E-state index contributed by atoms with van der Waals surface area (Å²) in [5, 5.41) is 22.7. The number of anilines is 1. The van der Waals surface area contributed by atoms with Gasteiger partial charge in [-0.1, -0.05) is 54.2 Å². The first-order chi connectivity index (χ1) is 14.0. The molecule has 8 nitrogen and oxygen atoms in total. The van der Waals surface area contributed by atoms with Gasteiger partial charge in [0.05, 0.1) is 16.4 Å². The molecule has 2 aromatic carbocycles. The number of amides is 1. The molecule has 1 aromatic heterocycles. The number of benzene rings is 2. The van der Waals surface area contributed by atoms with Gasteiger partial charge in [0.15, 0.2) is 11.0 Å². The predicted molar refractivity (Wildman–Crippen MR) is 113 cm³/mol. The minimum absolute atomic E-state index is 0.0724. The molecule has 0 spiro atoms. The van der Waals surface area contributed by atoms with Gasteiger partial charge in [-0.25, -0.2) is 0 Å². The van der Waals surface area contributed by atoms with Gasteiger partial charge in [0.2, 0.25) is 5.91 Å². The number of hydrogen-bond acceptors (Lipinski definition) is 6. The second kappa shape index (κ2) is 9.16. The summed E-state index contributed by atoms with van der Waals surface area (Å²) in [5.74, 6) is 0.502. The highest BCUT2D eigenvalue weighted by atomic mass is 32.2. The molecule has 0 aliphatic rings. The summed E-state index contributed by atoms with van der Waals surface area (Å²) < 4.78 is 1.89. The van der Waals surface area contributed by atoms with Gasteiger partial charge in [-0.2, -0.15) is 0 Å². The van der Waals surface area contributed by atoms with Crippen LogP contribution in [0.1, 0.15) is 5.56 Å². The molecule has 0 unspecified atom stereocenters. The Kier molecular flexibility index (Phi) is 6.40.